The molecule has 1 heterocycles. The fourth-order valence-corrected chi connectivity index (χ4v) is 1.89. The van der Waals surface area contributed by atoms with E-state index in [2.05, 4.69) is 34.4 Å². The van der Waals surface area contributed by atoms with Gasteiger partial charge in [0.15, 0.2) is 0 Å². The van der Waals surface area contributed by atoms with Crippen molar-refractivity contribution < 1.29 is 0 Å². The van der Waals surface area contributed by atoms with Crippen molar-refractivity contribution in [2.75, 3.05) is 0 Å². The van der Waals surface area contributed by atoms with Gasteiger partial charge in [0.1, 0.15) is 0 Å². The lowest BCUT2D eigenvalue weighted by molar-refractivity contribution is 0.571. The largest absolute Gasteiger partial charge is 0.271 e. The minimum absolute atomic E-state index is 0.0374. The molecule has 0 aliphatic heterocycles. The zero-order valence-electron chi connectivity index (χ0n) is 9.77. The van der Waals surface area contributed by atoms with E-state index in [1.807, 2.05) is 25.1 Å². The van der Waals surface area contributed by atoms with Crippen LogP contribution in [0.15, 0.2) is 36.5 Å². The summed E-state index contributed by atoms with van der Waals surface area (Å²) in [4.78, 5) is 4.33. The number of nitrogens with two attached hydrogens (primary N) is 1. The first kappa shape index (κ1) is 11.6. The summed E-state index contributed by atoms with van der Waals surface area (Å²) in [6, 6.07) is 10.1. The molecule has 1 atom stereocenters. The number of hydrazine groups is 1. The number of benzene rings is 1. The van der Waals surface area contributed by atoms with Gasteiger partial charge in [-0.25, -0.2) is 0 Å². The van der Waals surface area contributed by atoms with Crippen LogP contribution in [0.5, 0.6) is 0 Å². The molecule has 0 aliphatic rings. The molecule has 3 N–H and O–H groups in total. The number of pyridine rings is 1. The number of hydrogen-bond acceptors (Lipinski definition) is 3. The van der Waals surface area contributed by atoms with Crippen molar-refractivity contribution in [1.82, 2.24) is 10.4 Å². The van der Waals surface area contributed by atoms with E-state index in [0.29, 0.717) is 6.42 Å². The van der Waals surface area contributed by atoms with E-state index in [1.165, 1.54) is 0 Å². The molecule has 0 bridgehead atoms. The molecule has 86 valence electrons. The quantitative estimate of drug-likeness (QED) is 0.478. The van der Waals surface area contributed by atoms with Gasteiger partial charge in [-0.05, 0) is 24.6 Å². The molecule has 1 unspecified atom stereocenters. The summed E-state index contributed by atoms with van der Waals surface area (Å²) in [7, 11) is 0. The Balaban J connectivity index is 2.48. The summed E-state index contributed by atoms with van der Waals surface area (Å²) in [5.74, 6) is 11.5. The minimum atomic E-state index is 0.0374. The van der Waals surface area contributed by atoms with Gasteiger partial charge in [0.2, 0.25) is 0 Å². The molecular formula is C14H15N3. The van der Waals surface area contributed by atoms with Crippen LogP contribution in [0.1, 0.15) is 24.9 Å². The average molecular weight is 225 g/mol. The van der Waals surface area contributed by atoms with Gasteiger partial charge in [-0.3, -0.25) is 16.3 Å². The number of hydrogen-bond donors (Lipinski definition) is 2. The van der Waals surface area contributed by atoms with Crippen LogP contribution in [0, 0.1) is 11.8 Å². The smallest absolute Gasteiger partial charge is 0.0705 e. The Morgan fingerprint density at radius 1 is 1.35 bits per heavy atom. The van der Waals surface area contributed by atoms with E-state index in [-0.39, 0.29) is 6.04 Å². The lowest BCUT2D eigenvalue weighted by Crippen LogP contribution is -2.27. The SMILES string of the molecule is CC#CCC(NN)c1cccc2ncccc12. The van der Waals surface area contributed by atoms with Gasteiger partial charge >= 0.3 is 0 Å². The standard InChI is InChI=1S/C14H15N3/c1-2-3-8-14(17-15)12-6-4-9-13-11(12)7-5-10-16-13/h4-7,9-10,14,17H,8,15H2,1H3. The Bertz CT molecular complexity index is 561. The Morgan fingerprint density at radius 3 is 3.00 bits per heavy atom. The summed E-state index contributed by atoms with van der Waals surface area (Å²) < 4.78 is 0. The van der Waals surface area contributed by atoms with Gasteiger partial charge in [0.25, 0.3) is 0 Å². The van der Waals surface area contributed by atoms with Crippen LogP contribution in [0.2, 0.25) is 0 Å². The van der Waals surface area contributed by atoms with Crippen molar-refractivity contribution in [3.05, 3.63) is 42.1 Å². The number of nitrogens with one attached hydrogen (secondary N) is 1. The molecular weight excluding hydrogens is 210 g/mol. The highest BCUT2D eigenvalue weighted by atomic mass is 15.2. The predicted octanol–water partition coefficient (Wildman–Crippen LogP) is 2.15. The first-order valence-electron chi connectivity index (χ1n) is 5.56. The molecule has 0 radical (unpaired) electrons. The summed E-state index contributed by atoms with van der Waals surface area (Å²) in [5.41, 5.74) is 4.94. The van der Waals surface area contributed by atoms with Crippen LogP contribution in [-0.2, 0) is 0 Å². The van der Waals surface area contributed by atoms with Gasteiger partial charge in [-0.2, -0.15) is 0 Å². The van der Waals surface area contributed by atoms with Gasteiger partial charge in [0.05, 0.1) is 11.6 Å². The van der Waals surface area contributed by atoms with Crippen LogP contribution >= 0.6 is 0 Å². The molecule has 2 aromatic rings. The van der Waals surface area contributed by atoms with E-state index in [9.17, 15) is 0 Å². The van der Waals surface area contributed by atoms with E-state index in [4.69, 9.17) is 5.84 Å². The van der Waals surface area contributed by atoms with Crippen LogP contribution in [0.25, 0.3) is 10.9 Å². The minimum Gasteiger partial charge on any atom is -0.271 e. The molecule has 3 heteroatoms. The Hall–Kier alpha value is -1.89. The molecule has 2 rings (SSSR count). The van der Waals surface area contributed by atoms with Crippen molar-refractivity contribution in [1.29, 1.82) is 0 Å². The maximum atomic E-state index is 5.60. The molecule has 0 spiro atoms. The highest BCUT2D eigenvalue weighted by molar-refractivity contribution is 5.82. The van der Waals surface area contributed by atoms with E-state index >= 15 is 0 Å². The molecule has 1 aromatic carbocycles. The highest BCUT2D eigenvalue weighted by Gasteiger charge is 2.11. The molecule has 0 amide bonds. The normalized spacial score (nSPS) is 11.9. The molecule has 3 nitrogen and oxygen atoms in total. The summed E-state index contributed by atoms with van der Waals surface area (Å²) >= 11 is 0. The lowest BCUT2D eigenvalue weighted by atomic mass is 9.99. The first-order valence-corrected chi connectivity index (χ1v) is 5.56. The number of rotatable bonds is 3. The van der Waals surface area contributed by atoms with Crippen molar-refractivity contribution >= 4 is 10.9 Å². The third-order valence-electron chi connectivity index (χ3n) is 2.74. The second kappa shape index (κ2) is 5.44. The van der Waals surface area contributed by atoms with Crippen LogP contribution in [0.4, 0.5) is 0 Å². The van der Waals surface area contributed by atoms with Gasteiger partial charge in [-0.15, -0.1) is 11.8 Å². The fraction of sp³-hybridized carbons (Fsp3) is 0.214. The van der Waals surface area contributed by atoms with Crippen molar-refractivity contribution in [2.24, 2.45) is 5.84 Å². The van der Waals surface area contributed by atoms with Gasteiger partial charge < -0.3 is 0 Å². The second-order valence-electron chi connectivity index (χ2n) is 3.77. The molecule has 0 aliphatic carbocycles. The third-order valence-corrected chi connectivity index (χ3v) is 2.74. The zero-order valence-corrected chi connectivity index (χ0v) is 9.77. The molecule has 0 saturated heterocycles. The highest BCUT2D eigenvalue weighted by Crippen LogP contribution is 2.24. The Kier molecular flexibility index (Phi) is 3.71. The van der Waals surface area contributed by atoms with E-state index in [0.717, 1.165) is 16.5 Å². The molecule has 0 fully saturated rings. The monoisotopic (exact) mass is 225 g/mol. The second-order valence-corrected chi connectivity index (χ2v) is 3.77. The van der Waals surface area contributed by atoms with Crippen LogP contribution < -0.4 is 11.3 Å². The molecule has 17 heavy (non-hydrogen) atoms. The Morgan fingerprint density at radius 2 is 2.24 bits per heavy atom. The maximum Gasteiger partial charge on any atom is 0.0705 e. The summed E-state index contributed by atoms with van der Waals surface area (Å²) in [6.07, 6.45) is 2.49. The number of fused-ring (bicyclic) bond motifs is 1. The van der Waals surface area contributed by atoms with Crippen molar-refractivity contribution in [2.45, 2.75) is 19.4 Å². The van der Waals surface area contributed by atoms with Gasteiger partial charge in [-0.1, -0.05) is 18.2 Å². The lowest BCUT2D eigenvalue weighted by Gasteiger charge is -2.15. The molecule has 1 aromatic heterocycles. The van der Waals surface area contributed by atoms with Crippen molar-refractivity contribution in [3.63, 3.8) is 0 Å². The zero-order chi connectivity index (χ0) is 12.1. The van der Waals surface area contributed by atoms with E-state index < -0.39 is 0 Å². The summed E-state index contributed by atoms with van der Waals surface area (Å²) in [6.45, 7) is 1.83. The topological polar surface area (TPSA) is 50.9 Å². The number of nitrogens with zero attached hydrogens (tertiary/aromatic N) is 1. The Labute approximate surface area is 101 Å². The predicted molar refractivity (Wildman–Crippen MR) is 69.9 cm³/mol. The van der Waals surface area contributed by atoms with Crippen LogP contribution in [0.3, 0.4) is 0 Å². The average Bonchev–Trinajstić information content (AvgIpc) is 2.40. The first-order chi connectivity index (χ1) is 8.36. The van der Waals surface area contributed by atoms with E-state index in [1.54, 1.807) is 6.20 Å². The van der Waals surface area contributed by atoms with Crippen LogP contribution in [-0.4, -0.2) is 4.98 Å². The third kappa shape index (κ3) is 2.44. The van der Waals surface area contributed by atoms with Gasteiger partial charge in [0, 0.05) is 18.0 Å². The summed E-state index contributed by atoms with van der Waals surface area (Å²) in [5, 5.41) is 1.12. The molecule has 0 saturated carbocycles. The fourth-order valence-electron chi connectivity index (χ4n) is 1.89. The maximum absolute atomic E-state index is 5.60. The number of aromatic nitrogens is 1. The van der Waals surface area contributed by atoms with Crippen molar-refractivity contribution in [3.8, 4) is 11.8 Å².